The fourth-order valence-corrected chi connectivity index (χ4v) is 2.07. The van der Waals surface area contributed by atoms with Crippen molar-refractivity contribution in [3.8, 4) is 11.4 Å². The Kier molecular flexibility index (Phi) is 4.40. The smallest absolute Gasteiger partial charge is 0.226 e. The summed E-state index contributed by atoms with van der Waals surface area (Å²) < 4.78 is 8.29. The second kappa shape index (κ2) is 6.81. The van der Waals surface area contributed by atoms with Gasteiger partial charge < -0.3 is 10.1 Å². The van der Waals surface area contributed by atoms with Gasteiger partial charge in [-0.25, -0.2) is 9.36 Å². The Morgan fingerprint density at radius 3 is 2.79 bits per heavy atom. The number of hydrogen-bond acceptors (Lipinski definition) is 8. The van der Waals surface area contributed by atoms with Gasteiger partial charge in [0.2, 0.25) is 5.91 Å². The van der Waals surface area contributed by atoms with Gasteiger partial charge in [-0.1, -0.05) is 0 Å². The Morgan fingerprint density at radius 2 is 2.12 bits per heavy atom. The Labute approximate surface area is 136 Å². The van der Waals surface area contributed by atoms with Crippen molar-refractivity contribution in [2.75, 3.05) is 12.4 Å². The fraction of sp³-hybridized carbons (Fsp3) is 0.308. The van der Waals surface area contributed by atoms with Crippen molar-refractivity contribution in [1.82, 2.24) is 40.4 Å². The van der Waals surface area contributed by atoms with Gasteiger partial charge >= 0.3 is 0 Å². The van der Waals surface area contributed by atoms with Gasteiger partial charge in [0.15, 0.2) is 0 Å². The molecule has 24 heavy (non-hydrogen) atoms. The van der Waals surface area contributed by atoms with Crippen LogP contribution in [0.15, 0.2) is 24.5 Å². The van der Waals surface area contributed by atoms with E-state index in [0.29, 0.717) is 29.5 Å². The minimum Gasteiger partial charge on any atom is -0.497 e. The lowest BCUT2D eigenvalue weighted by Crippen LogP contribution is -2.16. The van der Waals surface area contributed by atoms with Crippen LogP contribution in [0.5, 0.6) is 5.75 Å². The van der Waals surface area contributed by atoms with E-state index in [9.17, 15) is 4.79 Å². The van der Waals surface area contributed by atoms with E-state index in [0.717, 1.165) is 0 Å². The lowest BCUT2D eigenvalue weighted by atomic mass is 10.2. The highest BCUT2D eigenvalue weighted by Crippen LogP contribution is 2.23. The van der Waals surface area contributed by atoms with E-state index in [4.69, 9.17) is 4.74 Å². The number of hydrogen-bond donors (Lipinski definition) is 1. The summed E-state index contributed by atoms with van der Waals surface area (Å²) in [5.41, 5.74) is 1.25. The first-order chi connectivity index (χ1) is 11.7. The van der Waals surface area contributed by atoms with Gasteiger partial charge in [-0.05, 0) is 33.8 Å². The summed E-state index contributed by atoms with van der Waals surface area (Å²) in [4.78, 5) is 12.1. The van der Waals surface area contributed by atoms with Crippen molar-refractivity contribution in [2.24, 2.45) is 0 Å². The molecule has 0 aliphatic carbocycles. The summed E-state index contributed by atoms with van der Waals surface area (Å²) in [7, 11) is 1.55. The van der Waals surface area contributed by atoms with Crippen molar-refractivity contribution in [3.63, 3.8) is 0 Å². The van der Waals surface area contributed by atoms with Gasteiger partial charge in [0.1, 0.15) is 17.9 Å². The topological polar surface area (TPSA) is 126 Å². The largest absolute Gasteiger partial charge is 0.497 e. The SMILES string of the molecule is COc1cc(NC(=O)CCn2nnnc2C)cc(-n2cnnn2)c1. The molecule has 1 N–H and O–H groups in total. The van der Waals surface area contributed by atoms with Crippen molar-refractivity contribution < 1.29 is 9.53 Å². The first-order valence-corrected chi connectivity index (χ1v) is 7.11. The summed E-state index contributed by atoms with van der Waals surface area (Å²) in [6.07, 6.45) is 1.70. The molecule has 3 rings (SSSR count). The minimum atomic E-state index is -0.166. The van der Waals surface area contributed by atoms with Crippen molar-refractivity contribution in [2.45, 2.75) is 19.9 Å². The number of nitrogens with one attached hydrogen (secondary N) is 1. The lowest BCUT2D eigenvalue weighted by Gasteiger charge is -2.10. The number of nitrogens with zero attached hydrogens (tertiary/aromatic N) is 8. The lowest BCUT2D eigenvalue weighted by molar-refractivity contribution is -0.116. The highest BCUT2D eigenvalue weighted by molar-refractivity contribution is 5.91. The standard InChI is InChI=1S/C13H15N9O2/c1-9-16-18-20-21(9)4-3-13(23)15-10-5-11(7-12(6-10)24-2)22-8-14-17-19-22/h5-8H,3-4H2,1-2H3,(H,15,23). The number of benzene rings is 1. The average Bonchev–Trinajstić information content (AvgIpc) is 3.24. The van der Waals surface area contributed by atoms with Crippen molar-refractivity contribution in [3.05, 3.63) is 30.4 Å². The van der Waals surface area contributed by atoms with E-state index < -0.39 is 0 Å². The van der Waals surface area contributed by atoms with Gasteiger partial charge in [0, 0.05) is 24.2 Å². The van der Waals surface area contributed by atoms with Crippen LogP contribution in [-0.4, -0.2) is 53.4 Å². The first kappa shape index (κ1) is 15.5. The molecule has 124 valence electrons. The van der Waals surface area contributed by atoms with Crippen LogP contribution in [0.4, 0.5) is 5.69 Å². The summed E-state index contributed by atoms with van der Waals surface area (Å²) in [5, 5.41) is 24.9. The number of aryl methyl sites for hydroxylation is 2. The van der Waals surface area contributed by atoms with Gasteiger partial charge in [-0.15, -0.1) is 10.2 Å². The van der Waals surface area contributed by atoms with E-state index >= 15 is 0 Å². The number of amides is 1. The number of carbonyl (C=O) groups excluding carboxylic acids is 1. The van der Waals surface area contributed by atoms with E-state index in [1.54, 1.807) is 36.9 Å². The van der Waals surface area contributed by atoms with Crippen LogP contribution in [0.1, 0.15) is 12.2 Å². The molecular formula is C13H15N9O2. The van der Waals surface area contributed by atoms with Crippen LogP contribution in [0.25, 0.3) is 5.69 Å². The van der Waals surface area contributed by atoms with E-state index in [-0.39, 0.29) is 12.3 Å². The molecule has 0 aliphatic heterocycles. The monoisotopic (exact) mass is 329 g/mol. The number of ether oxygens (including phenoxy) is 1. The molecule has 0 aliphatic rings. The Hall–Kier alpha value is -3.37. The first-order valence-electron chi connectivity index (χ1n) is 7.11. The molecule has 2 heterocycles. The molecule has 2 aromatic heterocycles. The summed E-state index contributed by atoms with van der Waals surface area (Å²) in [6.45, 7) is 2.17. The molecule has 0 spiro atoms. The van der Waals surface area contributed by atoms with Crippen LogP contribution in [0, 0.1) is 6.92 Å². The fourth-order valence-electron chi connectivity index (χ4n) is 2.07. The molecule has 0 bridgehead atoms. The number of aromatic nitrogens is 8. The predicted octanol–water partition coefficient (Wildman–Crippen LogP) is -0.00538. The van der Waals surface area contributed by atoms with E-state index in [1.165, 1.54) is 11.0 Å². The third-order valence-corrected chi connectivity index (χ3v) is 3.29. The van der Waals surface area contributed by atoms with Crippen LogP contribution in [0.2, 0.25) is 0 Å². The maximum atomic E-state index is 12.1. The summed E-state index contributed by atoms with van der Waals surface area (Å²) in [5.74, 6) is 1.07. The zero-order valence-corrected chi connectivity index (χ0v) is 13.1. The Balaban J connectivity index is 1.71. The molecule has 11 nitrogen and oxygen atoms in total. The van der Waals surface area contributed by atoms with Crippen LogP contribution < -0.4 is 10.1 Å². The molecule has 0 unspecified atom stereocenters. The molecular weight excluding hydrogens is 314 g/mol. The molecule has 11 heteroatoms. The van der Waals surface area contributed by atoms with Crippen molar-refractivity contribution in [1.29, 1.82) is 0 Å². The third-order valence-electron chi connectivity index (χ3n) is 3.29. The maximum Gasteiger partial charge on any atom is 0.226 e. The van der Waals surface area contributed by atoms with Gasteiger partial charge in [-0.2, -0.15) is 0 Å². The molecule has 0 saturated carbocycles. The molecule has 0 saturated heterocycles. The zero-order valence-electron chi connectivity index (χ0n) is 13.1. The van der Waals surface area contributed by atoms with Crippen LogP contribution in [0.3, 0.4) is 0 Å². The quantitative estimate of drug-likeness (QED) is 0.669. The number of anilines is 1. The third kappa shape index (κ3) is 3.51. The van der Waals surface area contributed by atoms with Crippen LogP contribution in [-0.2, 0) is 11.3 Å². The van der Waals surface area contributed by atoms with Crippen molar-refractivity contribution >= 4 is 11.6 Å². The Bertz CT molecular complexity index is 828. The average molecular weight is 329 g/mol. The second-order valence-electron chi connectivity index (χ2n) is 4.92. The molecule has 0 radical (unpaired) electrons. The predicted molar refractivity (Wildman–Crippen MR) is 81.5 cm³/mol. The maximum absolute atomic E-state index is 12.1. The zero-order chi connectivity index (χ0) is 16.9. The molecule has 0 fully saturated rings. The number of tetrazole rings is 2. The molecule has 3 aromatic rings. The minimum absolute atomic E-state index is 0.166. The molecule has 0 atom stereocenters. The highest BCUT2D eigenvalue weighted by atomic mass is 16.5. The number of methoxy groups -OCH3 is 1. The summed E-state index contributed by atoms with van der Waals surface area (Å²) >= 11 is 0. The van der Waals surface area contributed by atoms with Gasteiger partial charge in [0.25, 0.3) is 0 Å². The number of carbonyl (C=O) groups is 1. The van der Waals surface area contributed by atoms with Gasteiger partial charge in [0.05, 0.1) is 19.3 Å². The highest BCUT2D eigenvalue weighted by Gasteiger charge is 2.09. The van der Waals surface area contributed by atoms with E-state index in [2.05, 4.69) is 36.4 Å². The summed E-state index contributed by atoms with van der Waals surface area (Å²) in [6, 6.07) is 5.23. The van der Waals surface area contributed by atoms with Crippen LogP contribution >= 0.6 is 0 Å². The Morgan fingerprint density at radius 1 is 1.25 bits per heavy atom. The normalized spacial score (nSPS) is 10.6. The van der Waals surface area contributed by atoms with Gasteiger partial charge in [-0.3, -0.25) is 4.79 Å². The second-order valence-corrected chi connectivity index (χ2v) is 4.92. The van der Waals surface area contributed by atoms with E-state index in [1.807, 2.05) is 0 Å². The molecule has 1 aromatic carbocycles. The molecule has 1 amide bonds. The number of rotatable bonds is 6.